The van der Waals surface area contributed by atoms with Crippen LogP contribution in [0.25, 0.3) is 0 Å². The van der Waals surface area contributed by atoms with Crippen molar-refractivity contribution in [2.24, 2.45) is 0 Å². The van der Waals surface area contributed by atoms with Crippen molar-refractivity contribution in [2.75, 3.05) is 7.11 Å². The number of hydrogen-bond donors (Lipinski definition) is 1. The number of carboxylic acids is 1. The van der Waals surface area contributed by atoms with Crippen molar-refractivity contribution in [3.63, 3.8) is 0 Å². The second kappa shape index (κ2) is 5.30. The Hall–Kier alpha value is -2.69. The summed E-state index contributed by atoms with van der Waals surface area (Å²) in [5.74, 6) is -1.19. The van der Waals surface area contributed by atoms with E-state index >= 15 is 0 Å². The Morgan fingerprint density at radius 2 is 1.84 bits per heavy atom. The van der Waals surface area contributed by atoms with Gasteiger partial charge in [0, 0.05) is 18.0 Å². The van der Waals surface area contributed by atoms with Crippen molar-refractivity contribution < 1.29 is 19.4 Å². The highest BCUT2D eigenvalue weighted by molar-refractivity contribution is 6.15. The van der Waals surface area contributed by atoms with E-state index in [9.17, 15) is 9.59 Å². The minimum atomic E-state index is -1.19. The molecule has 0 aliphatic heterocycles. The quantitative estimate of drug-likeness (QED) is 0.848. The highest BCUT2D eigenvalue weighted by Gasteiger charge is 2.20. The molecule has 2 aromatic rings. The number of ketones is 1. The molecule has 0 aliphatic carbocycles. The lowest BCUT2D eigenvalue weighted by Crippen LogP contribution is -2.11. The first-order valence-corrected chi connectivity index (χ1v) is 5.50. The third-order valence-electron chi connectivity index (χ3n) is 2.65. The number of carboxylic acid groups (broad SMARTS) is 1. The molecule has 0 saturated heterocycles. The summed E-state index contributed by atoms with van der Waals surface area (Å²) in [4.78, 5) is 27.2. The summed E-state index contributed by atoms with van der Waals surface area (Å²) in [5.41, 5.74) is 0.282. The lowest BCUT2D eigenvalue weighted by molar-refractivity contribution is 0.0692. The van der Waals surface area contributed by atoms with E-state index in [2.05, 4.69) is 4.98 Å². The molecule has 1 N–H and O–H groups in total. The Kier molecular flexibility index (Phi) is 3.56. The molecule has 1 aromatic heterocycles. The number of benzene rings is 1. The number of hydrogen-bond acceptors (Lipinski definition) is 4. The van der Waals surface area contributed by atoms with Gasteiger partial charge in [0.05, 0.1) is 18.2 Å². The van der Waals surface area contributed by atoms with Crippen LogP contribution in [0.3, 0.4) is 0 Å². The van der Waals surface area contributed by atoms with E-state index in [-0.39, 0.29) is 11.1 Å². The summed E-state index contributed by atoms with van der Waals surface area (Å²) in [7, 11) is 1.46. The van der Waals surface area contributed by atoms with E-state index in [1.165, 1.54) is 19.4 Å². The zero-order chi connectivity index (χ0) is 13.8. The Balaban J connectivity index is 2.53. The van der Waals surface area contributed by atoms with Crippen molar-refractivity contribution in [1.29, 1.82) is 0 Å². The van der Waals surface area contributed by atoms with Crippen LogP contribution >= 0.6 is 0 Å². The van der Waals surface area contributed by atoms with E-state index < -0.39 is 11.8 Å². The number of carbonyl (C=O) groups is 2. The number of aromatic nitrogens is 1. The topological polar surface area (TPSA) is 76.5 Å². The minimum Gasteiger partial charge on any atom is -0.496 e. The highest BCUT2D eigenvalue weighted by atomic mass is 16.5. The number of carbonyl (C=O) groups excluding carboxylic acids is 1. The molecule has 5 nitrogen and oxygen atoms in total. The van der Waals surface area contributed by atoms with Gasteiger partial charge < -0.3 is 9.84 Å². The molecular weight excluding hydrogens is 246 g/mol. The highest BCUT2D eigenvalue weighted by Crippen LogP contribution is 2.22. The van der Waals surface area contributed by atoms with Gasteiger partial charge in [0.1, 0.15) is 5.75 Å². The Morgan fingerprint density at radius 3 is 2.53 bits per heavy atom. The molecule has 1 heterocycles. The number of methoxy groups -OCH3 is 1. The second-order valence-electron chi connectivity index (χ2n) is 3.76. The molecule has 5 heteroatoms. The summed E-state index contributed by atoms with van der Waals surface area (Å²) in [5, 5.41) is 9.06. The molecular formula is C14H11NO4. The van der Waals surface area contributed by atoms with E-state index in [0.29, 0.717) is 11.3 Å². The van der Waals surface area contributed by atoms with Crippen LogP contribution in [0, 0.1) is 0 Å². The molecule has 0 unspecified atom stereocenters. The largest absolute Gasteiger partial charge is 0.496 e. The molecule has 2 rings (SSSR count). The lowest BCUT2D eigenvalue weighted by Gasteiger charge is -2.08. The van der Waals surface area contributed by atoms with Gasteiger partial charge in [0.15, 0.2) is 5.78 Å². The summed E-state index contributed by atoms with van der Waals surface area (Å²) < 4.78 is 5.10. The van der Waals surface area contributed by atoms with Crippen LogP contribution in [0.5, 0.6) is 5.75 Å². The Morgan fingerprint density at radius 1 is 1.11 bits per heavy atom. The summed E-state index contributed by atoms with van der Waals surface area (Å²) in [6, 6.07) is 8.05. The molecule has 0 fully saturated rings. The molecule has 1 aromatic carbocycles. The fourth-order valence-electron chi connectivity index (χ4n) is 1.74. The van der Waals surface area contributed by atoms with Crippen LogP contribution in [0.1, 0.15) is 26.3 Å². The number of nitrogens with zero attached hydrogens (tertiary/aromatic N) is 1. The van der Waals surface area contributed by atoms with Gasteiger partial charge in [-0.1, -0.05) is 12.1 Å². The maximum absolute atomic E-state index is 12.4. The van der Waals surface area contributed by atoms with Gasteiger partial charge in [-0.05, 0) is 18.2 Å². The van der Waals surface area contributed by atoms with Crippen molar-refractivity contribution in [3.05, 3.63) is 59.4 Å². The van der Waals surface area contributed by atoms with E-state index in [4.69, 9.17) is 9.84 Å². The second-order valence-corrected chi connectivity index (χ2v) is 3.76. The molecule has 0 amide bonds. The number of pyridine rings is 1. The summed E-state index contributed by atoms with van der Waals surface area (Å²) >= 11 is 0. The van der Waals surface area contributed by atoms with Gasteiger partial charge in [-0.15, -0.1) is 0 Å². The zero-order valence-electron chi connectivity index (χ0n) is 10.2. The molecule has 0 saturated carbocycles. The molecule has 96 valence electrons. The van der Waals surface area contributed by atoms with Gasteiger partial charge in [0.25, 0.3) is 0 Å². The zero-order valence-corrected chi connectivity index (χ0v) is 10.2. The van der Waals surface area contributed by atoms with E-state index in [0.717, 1.165) is 6.20 Å². The van der Waals surface area contributed by atoms with Gasteiger partial charge >= 0.3 is 5.97 Å². The minimum absolute atomic E-state index is 0.0898. The predicted octanol–water partition coefficient (Wildman–Crippen LogP) is 2.02. The van der Waals surface area contributed by atoms with Gasteiger partial charge in [0.2, 0.25) is 0 Å². The van der Waals surface area contributed by atoms with Crippen molar-refractivity contribution in [1.82, 2.24) is 4.98 Å². The maximum atomic E-state index is 12.4. The fraction of sp³-hybridized carbons (Fsp3) is 0.0714. The number of rotatable bonds is 4. The maximum Gasteiger partial charge on any atom is 0.338 e. The van der Waals surface area contributed by atoms with Crippen LogP contribution < -0.4 is 4.74 Å². The van der Waals surface area contributed by atoms with Gasteiger partial charge in [-0.2, -0.15) is 0 Å². The molecule has 0 atom stereocenters. The third kappa shape index (κ3) is 2.44. The normalized spacial score (nSPS) is 9.95. The van der Waals surface area contributed by atoms with Gasteiger partial charge in [-0.3, -0.25) is 9.78 Å². The first-order chi connectivity index (χ1) is 9.15. The fourth-order valence-corrected chi connectivity index (χ4v) is 1.74. The van der Waals surface area contributed by atoms with Crippen molar-refractivity contribution >= 4 is 11.8 Å². The van der Waals surface area contributed by atoms with E-state index in [1.54, 1.807) is 24.3 Å². The predicted molar refractivity (Wildman–Crippen MR) is 67.6 cm³/mol. The molecule has 0 bridgehead atoms. The van der Waals surface area contributed by atoms with Crippen molar-refractivity contribution in [2.45, 2.75) is 0 Å². The number of ether oxygens (including phenoxy) is 1. The SMILES string of the molecule is COc1ccccc1C(=O)c1ccncc1C(=O)O. The summed E-state index contributed by atoms with van der Waals surface area (Å²) in [6.45, 7) is 0. The lowest BCUT2D eigenvalue weighted by atomic mass is 9.99. The van der Waals surface area contributed by atoms with Crippen LogP contribution in [0.2, 0.25) is 0 Å². The Labute approximate surface area is 109 Å². The van der Waals surface area contributed by atoms with E-state index in [1.807, 2.05) is 0 Å². The average Bonchev–Trinajstić information content (AvgIpc) is 2.46. The van der Waals surface area contributed by atoms with Gasteiger partial charge in [-0.25, -0.2) is 4.79 Å². The third-order valence-corrected chi connectivity index (χ3v) is 2.65. The average molecular weight is 257 g/mol. The number of para-hydroxylation sites is 1. The first kappa shape index (κ1) is 12.8. The molecule has 0 aliphatic rings. The van der Waals surface area contributed by atoms with Crippen molar-refractivity contribution in [3.8, 4) is 5.75 Å². The monoisotopic (exact) mass is 257 g/mol. The smallest absolute Gasteiger partial charge is 0.338 e. The van der Waals surface area contributed by atoms with Crippen LogP contribution in [-0.2, 0) is 0 Å². The van der Waals surface area contributed by atoms with Crippen LogP contribution in [-0.4, -0.2) is 29.0 Å². The van der Waals surface area contributed by atoms with Crippen LogP contribution in [0.4, 0.5) is 0 Å². The molecule has 0 spiro atoms. The Bertz CT molecular complexity index is 637. The first-order valence-electron chi connectivity index (χ1n) is 5.50. The van der Waals surface area contributed by atoms with Crippen LogP contribution in [0.15, 0.2) is 42.7 Å². The number of aromatic carboxylic acids is 1. The standard InChI is InChI=1S/C14H11NO4/c1-19-12-5-3-2-4-10(12)13(16)9-6-7-15-8-11(9)14(17)18/h2-8H,1H3,(H,17,18). The summed E-state index contributed by atoms with van der Waals surface area (Å²) in [6.07, 6.45) is 2.54. The molecule has 0 radical (unpaired) electrons. The molecule has 19 heavy (non-hydrogen) atoms.